The van der Waals surface area contributed by atoms with Crippen molar-refractivity contribution in [3.05, 3.63) is 58.6 Å². The van der Waals surface area contributed by atoms with Crippen molar-refractivity contribution >= 4 is 39.0 Å². The standard InChI is InChI=1S/C23H27BrN4O2/c1-23(2,3)30-22(29)27-14-12-26(13-15-27)21-25-20-18(24)10-7-11-19(20)28(21)16-17-8-5-4-6-9-17/h4-11H,12-16H2,1-3H3. The SMILES string of the molecule is CC(C)(C)OC(=O)N1CCN(c2nc3c(Br)cccc3n2Cc2ccccc2)CC1. The number of ether oxygens (including phenoxy) is 1. The fraction of sp³-hybridized carbons (Fsp3) is 0.391. The fourth-order valence-corrected chi connectivity index (χ4v) is 4.12. The second kappa shape index (κ2) is 8.30. The molecule has 0 saturated carbocycles. The van der Waals surface area contributed by atoms with Crippen LogP contribution >= 0.6 is 15.9 Å². The zero-order chi connectivity index (χ0) is 21.3. The summed E-state index contributed by atoms with van der Waals surface area (Å²) in [5.41, 5.74) is 2.80. The van der Waals surface area contributed by atoms with E-state index >= 15 is 0 Å². The van der Waals surface area contributed by atoms with Crippen molar-refractivity contribution < 1.29 is 9.53 Å². The van der Waals surface area contributed by atoms with Gasteiger partial charge >= 0.3 is 6.09 Å². The average molecular weight is 471 g/mol. The molecule has 1 fully saturated rings. The minimum absolute atomic E-state index is 0.248. The number of piperazine rings is 1. The van der Waals surface area contributed by atoms with Crippen LogP contribution in [-0.2, 0) is 11.3 Å². The van der Waals surface area contributed by atoms with Gasteiger partial charge in [0.05, 0.1) is 12.1 Å². The lowest BCUT2D eigenvalue weighted by Gasteiger charge is -2.36. The van der Waals surface area contributed by atoms with E-state index in [1.54, 1.807) is 4.90 Å². The summed E-state index contributed by atoms with van der Waals surface area (Å²) in [5, 5.41) is 0. The van der Waals surface area contributed by atoms with Gasteiger partial charge in [-0.05, 0) is 54.4 Å². The van der Waals surface area contributed by atoms with Crippen molar-refractivity contribution in [1.82, 2.24) is 14.5 Å². The van der Waals surface area contributed by atoms with E-state index in [4.69, 9.17) is 9.72 Å². The maximum Gasteiger partial charge on any atom is 0.410 e. The average Bonchev–Trinajstić information content (AvgIpc) is 3.07. The van der Waals surface area contributed by atoms with Gasteiger partial charge in [-0.15, -0.1) is 0 Å². The van der Waals surface area contributed by atoms with Crippen molar-refractivity contribution in [2.45, 2.75) is 32.9 Å². The second-order valence-electron chi connectivity index (χ2n) is 8.55. The van der Waals surface area contributed by atoms with Crippen LogP contribution in [0.5, 0.6) is 0 Å². The van der Waals surface area contributed by atoms with Gasteiger partial charge in [-0.2, -0.15) is 0 Å². The molecule has 0 radical (unpaired) electrons. The van der Waals surface area contributed by atoms with Gasteiger partial charge in [0.1, 0.15) is 11.1 Å². The molecule has 30 heavy (non-hydrogen) atoms. The predicted molar refractivity (Wildman–Crippen MR) is 123 cm³/mol. The van der Waals surface area contributed by atoms with E-state index in [9.17, 15) is 4.79 Å². The number of imidazole rings is 1. The van der Waals surface area contributed by atoms with Crippen LogP contribution in [0.15, 0.2) is 53.0 Å². The van der Waals surface area contributed by atoms with Crippen LogP contribution in [0.1, 0.15) is 26.3 Å². The first kappa shape index (κ1) is 20.7. The highest BCUT2D eigenvalue weighted by atomic mass is 79.9. The van der Waals surface area contributed by atoms with Crippen LogP contribution in [0.4, 0.5) is 10.7 Å². The predicted octanol–water partition coefficient (Wildman–Crippen LogP) is 4.90. The van der Waals surface area contributed by atoms with Gasteiger partial charge in [0.2, 0.25) is 5.95 Å². The number of amides is 1. The van der Waals surface area contributed by atoms with Crippen LogP contribution in [0.3, 0.4) is 0 Å². The minimum atomic E-state index is -0.482. The molecule has 3 aromatic rings. The molecule has 1 aliphatic heterocycles. The van der Waals surface area contributed by atoms with Crippen molar-refractivity contribution in [2.24, 2.45) is 0 Å². The first-order valence-corrected chi connectivity index (χ1v) is 11.0. The lowest BCUT2D eigenvalue weighted by atomic mass is 10.2. The van der Waals surface area contributed by atoms with Crippen LogP contribution in [0.25, 0.3) is 11.0 Å². The molecule has 0 bridgehead atoms. The molecule has 1 aromatic heterocycles. The topological polar surface area (TPSA) is 50.6 Å². The zero-order valence-corrected chi connectivity index (χ0v) is 19.2. The summed E-state index contributed by atoms with van der Waals surface area (Å²) in [4.78, 5) is 21.4. The van der Waals surface area contributed by atoms with Crippen LogP contribution in [0, 0.1) is 0 Å². The summed E-state index contributed by atoms with van der Waals surface area (Å²) >= 11 is 3.65. The first-order chi connectivity index (χ1) is 14.3. The van der Waals surface area contributed by atoms with E-state index in [1.165, 1.54) is 5.56 Å². The third-order valence-electron chi connectivity index (χ3n) is 5.11. The van der Waals surface area contributed by atoms with Gasteiger partial charge in [-0.3, -0.25) is 0 Å². The van der Waals surface area contributed by atoms with E-state index in [1.807, 2.05) is 39.0 Å². The quantitative estimate of drug-likeness (QED) is 0.545. The monoisotopic (exact) mass is 470 g/mol. The molecule has 1 aliphatic rings. The number of halogens is 1. The summed E-state index contributed by atoms with van der Waals surface area (Å²) in [6.07, 6.45) is -0.248. The Morgan fingerprint density at radius 3 is 2.40 bits per heavy atom. The number of anilines is 1. The normalized spacial score (nSPS) is 14.9. The highest BCUT2D eigenvalue weighted by Crippen LogP contribution is 2.30. The van der Waals surface area contributed by atoms with E-state index < -0.39 is 5.60 Å². The molecule has 1 saturated heterocycles. The van der Waals surface area contributed by atoms with Crippen molar-refractivity contribution in [2.75, 3.05) is 31.1 Å². The second-order valence-corrected chi connectivity index (χ2v) is 9.40. The molecule has 4 rings (SSSR count). The number of rotatable bonds is 3. The van der Waals surface area contributed by atoms with Gasteiger partial charge < -0.3 is 19.1 Å². The molecule has 158 valence electrons. The molecule has 7 heteroatoms. The molecular weight excluding hydrogens is 444 g/mol. The highest BCUT2D eigenvalue weighted by Gasteiger charge is 2.28. The summed E-state index contributed by atoms with van der Waals surface area (Å²) in [7, 11) is 0. The number of aromatic nitrogens is 2. The Labute approximate surface area is 185 Å². The van der Waals surface area contributed by atoms with Crippen LogP contribution in [0.2, 0.25) is 0 Å². The molecule has 0 spiro atoms. The Morgan fingerprint density at radius 1 is 1.03 bits per heavy atom. The summed E-state index contributed by atoms with van der Waals surface area (Å²) in [5.74, 6) is 0.935. The Balaban J connectivity index is 1.59. The Bertz CT molecular complexity index is 1030. The number of nitrogens with zero attached hydrogens (tertiary/aromatic N) is 4. The van der Waals surface area contributed by atoms with Gasteiger partial charge in [0.25, 0.3) is 0 Å². The van der Waals surface area contributed by atoms with Crippen molar-refractivity contribution in [1.29, 1.82) is 0 Å². The smallest absolute Gasteiger partial charge is 0.410 e. The third-order valence-corrected chi connectivity index (χ3v) is 5.75. The van der Waals surface area contributed by atoms with Gasteiger partial charge in [0, 0.05) is 30.7 Å². The number of benzene rings is 2. The molecule has 0 atom stereocenters. The lowest BCUT2D eigenvalue weighted by Crippen LogP contribution is -2.50. The summed E-state index contributed by atoms with van der Waals surface area (Å²) < 4.78 is 8.78. The van der Waals surface area contributed by atoms with Crippen LogP contribution < -0.4 is 4.90 Å². The summed E-state index contributed by atoms with van der Waals surface area (Å²) in [6.45, 7) is 9.09. The van der Waals surface area contributed by atoms with Crippen molar-refractivity contribution in [3.63, 3.8) is 0 Å². The largest absolute Gasteiger partial charge is 0.444 e. The molecule has 2 heterocycles. The molecule has 2 aromatic carbocycles. The molecule has 6 nitrogen and oxygen atoms in total. The lowest BCUT2D eigenvalue weighted by molar-refractivity contribution is 0.0240. The number of carbonyl (C=O) groups is 1. The maximum absolute atomic E-state index is 12.4. The van der Waals surface area contributed by atoms with E-state index in [2.05, 4.69) is 55.7 Å². The molecule has 0 unspecified atom stereocenters. The van der Waals surface area contributed by atoms with Gasteiger partial charge in [0.15, 0.2) is 0 Å². The van der Waals surface area contributed by atoms with Crippen molar-refractivity contribution in [3.8, 4) is 0 Å². The number of hydrogen-bond donors (Lipinski definition) is 0. The minimum Gasteiger partial charge on any atom is -0.444 e. The molecule has 0 aliphatic carbocycles. The number of carbonyl (C=O) groups excluding carboxylic acids is 1. The zero-order valence-electron chi connectivity index (χ0n) is 17.6. The number of hydrogen-bond acceptors (Lipinski definition) is 4. The Kier molecular flexibility index (Phi) is 5.73. The van der Waals surface area contributed by atoms with Crippen LogP contribution in [-0.4, -0.2) is 52.3 Å². The van der Waals surface area contributed by atoms with E-state index in [0.29, 0.717) is 13.1 Å². The van der Waals surface area contributed by atoms with E-state index in [-0.39, 0.29) is 6.09 Å². The Morgan fingerprint density at radius 2 is 1.73 bits per heavy atom. The van der Waals surface area contributed by atoms with Gasteiger partial charge in [-0.25, -0.2) is 9.78 Å². The molecule has 1 amide bonds. The summed E-state index contributed by atoms with van der Waals surface area (Å²) in [6, 6.07) is 16.6. The number of para-hydroxylation sites is 1. The molecular formula is C23H27BrN4O2. The van der Waals surface area contributed by atoms with Gasteiger partial charge in [-0.1, -0.05) is 36.4 Å². The molecule has 0 N–H and O–H groups in total. The highest BCUT2D eigenvalue weighted by molar-refractivity contribution is 9.10. The fourth-order valence-electron chi connectivity index (χ4n) is 3.68. The maximum atomic E-state index is 12.4. The number of fused-ring (bicyclic) bond motifs is 1. The first-order valence-electron chi connectivity index (χ1n) is 10.2. The Hall–Kier alpha value is -2.54. The third kappa shape index (κ3) is 4.46. The van der Waals surface area contributed by atoms with E-state index in [0.717, 1.165) is 41.1 Å².